The normalized spacial score (nSPS) is 12.2. The average molecular weight is 398 g/mol. The lowest BCUT2D eigenvalue weighted by molar-refractivity contribution is -0.168. The molecule has 1 rings (SSSR count). The van der Waals surface area contributed by atoms with Crippen LogP contribution in [0.1, 0.15) is 12.5 Å². The van der Waals surface area contributed by atoms with Crippen molar-refractivity contribution < 1.29 is 27.5 Å². The summed E-state index contributed by atoms with van der Waals surface area (Å²) in [5.41, 5.74) is -0.709. The van der Waals surface area contributed by atoms with E-state index in [4.69, 9.17) is 0 Å². The van der Waals surface area contributed by atoms with E-state index in [0.717, 1.165) is 9.65 Å². The molecule has 0 amide bonds. The molecule has 0 aliphatic rings. The standard InChI is InChI=1S/C13H10F3IO3/c1-2-20-12(19)10(11(18)13(14,15)16)7-8-4-3-5-9(17)6-8/h3-7H,2H2,1H3/b10-7+. The Kier molecular flexibility index (Phi) is 5.73. The average Bonchev–Trinajstić information content (AvgIpc) is 2.34. The van der Waals surface area contributed by atoms with Gasteiger partial charge in [0.05, 0.1) is 6.61 Å². The minimum atomic E-state index is -5.12. The molecule has 0 bridgehead atoms. The zero-order chi connectivity index (χ0) is 15.3. The van der Waals surface area contributed by atoms with Crippen LogP contribution in [-0.2, 0) is 14.3 Å². The fourth-order valence-corrected chi connectivity index (χ4v) is 1.91. The lowest BCUT2D eigenvalue weighted by atomic mass is 10.1. The van der Waals surface area contributed by atoms with Crippen molar-refractivity contribution in [3.63, 3.8) is 0 Å². The number of carbonyl (C=O) groups is 2. The summed E-state index contributed by atoms with van der Waals surface area (Å²) < 4.78 is 42.7. The van der Waals surface area contributed by atoms with E-state index in [1.54, 1.807) is 18.2 Å². The Labute approximate surface area is 126 Å². The summed E-state index contributed by atoms with van der Waals surface area (Å²) in [6, 6.07) is 6.37. The molecule has 3 nitrogen and oxygen atoms in total. The summed E-state index contributed by atoms with van der Waals surface area (Å²) in [6.07, 6.45) is -4.24. The topological polar surface area (TPSA) is 43.4 Å². The van der Waals surface area contributed by atoms with E-state index in [1.165, 1.54) is 13.0 Å². The fraction of sp³-hybridized carbons (Fsp3) is 0.231. The van der Waals surface area contributed by atoms with Gasteiger partial charge in [0.15, 0.2) is 0 Å². The van der Waals surface area contributed by atoms with Crippen LogP contribution in [0.2, 0.25) is 0 Å². The Bertz CT molecular complexity index is 550. The molecule has 0 N–H and O–H groups in total. The number of esters is 1. The van der Waals surface area contributed by atoms with Crippen LogP contribution in [0.25, 0.3) is 6.08 Å². The van der Waals surface area contributed by atoms with Gasteiger partial charge in [-0.1, -0.05) is 12.1 Å². The Morgan fingerprint density at radius 3 is 2.50 bits per heavy atom. The molecule has 1 aromatic carbocycles. The fourth-order valence-electron chi connectivity index (χ4n) is 1.34. The van der Waals surface area contributed by atoms with Crippen molar-refractivity contribution >= 4 is 40.4 Å². The van der Waals surface area contributed by atoms with E-state index in [0.29, 0.717) is 5.56 Å². The van der Waals surface area contributed by atoms with Crippen molar-refractivity contribution in [2.45, 2.75) is 13.1 Å². The Hall–Kier alpha value is -1.38. The van der Waals surface area contributed by atoms with Gasteiger partial charge in [-0.15, -0.1) is 0 Å². The minimum Gasteiger partial charge on any atom is -0.462 e. The Morgan fingerprint density at radius 1 is 1.35 bits per heavy atom. The SMILES string of the molecule is CCOC(=O)/C(=C/c1cccc(I)c1)C(=O)C(F)(F)F. The molecule has 20 heavy (non-hydrogen) atoms. The maximum absolute atomic E-state index is 12.5. The van der Waals surface area contributed by atoms with Crippen molar-refractivity contribution in [1.82, 2.24) is 0 Å². The summed E-state index contributed by atoms with van der Waals surface area (Å²) >= 11 is 1.97. The Balaban J connectivity index is 3.24. The third kappa shape index (κ3) is 4.62. The third-order valence-electron chi connectivity index (χ3n) is 2.16. The van der Waals surface area contributed by atoms with Crippen molar-refractivity contribution in [3.05, 3.63) is 39.0 Å². The molecule has 0 heterocycles. The van der Waals surface area contributed by atoms with Gasteiger partial charge in [-0.3, -0.25) is 4.79 Å². The van der Waals surface area contributed by atoms with Gasteiger partial charge in [-0.05, 0) is 53.3 Å². The molecule has 0 aliphatic carbocycles. The minimum absolute atomic E-state index is 0.117. The molecule has 0 spiro atoms. The van der Waals surface area contributed by atoms with E-state index in [-0.39, 0.29) is 6.61 Å². The molecular formula is C13H10F3IO3. The quantitative estimate of drug-likeness (QED) is 0.257. The molecule has 108 valence electrons. The summed E-state index contributed by atoms with van der Waals surface area (Å²) in [4.78, 5) is 22.8. The van der Waals surface area contributed by atoms with Crippen LogP contribution < -0.4 is 0 Å². The van der Waals surface area contributed by atoms with E-state index in [9.17, 15) is 22.8 Å². The lowest BCUT2D eigenvalue weighted by Gasteiger charge is -2.09. The number of Topliss-reactive ketones (excluding diaryl/α,β-unsaturated/α-hetero) is 1. The first-order valence-electron chi connectivity index (χ1n) is 5.51. The first kappa shape index (κ1) is 16.7. The number of hydrogen-bond donors (Lipinski definition) is 0. The number of halogens is 4. The third-order valence-corrected chi connectivity index (χ3v) is 2.83. The molecule has 0 fully saturated rings. The highest BCUT2D eigenvalue weighted by Crippen LogP contribution is 2.23. The maximum Gasteiger partial charge on any atom is 0.455 e. The van der Waals surface area contributed by atoms with E-state index >= 15 is 0 Å². The predicted molar refractivity (Wildman–Crippen MR) is 74.8 cm³/mol. The number of ketones is 1. The second-order valence-electron chi connectivity index (χ2n) is 3.66. The molecule has 0 saturated carbocycles. The van der Waals surface area contributed by atoms with Gasteiger partial charge in [0, 0.05) is 3.57 Å². The zero-order valence-corrected chi connectivity index (χ0v) is 12.5. The smallest absolute Gasteiger partial charge is 0.455 e. The number of hydrogen-bond acceptors (Lipinski definition) is 3. The highest BCUT2D eigenvalue weighted by Gasteiger charge is 2.43. The summed E-state index contributed by atoms with van der Waals surface area (Å²) in [7, 11) is 0. The molecule has 0 aromatic heterocycles. The predicted octanol–water partition coefficient (Wildman–Crippen LogP) is 3.37. The number of alkyl halides is 3. The van der Waals surface area contributed by atoms with Crippen molar-refractivity contribution in [2.75, 3.05) is 6.61 Å². The van der Waals surface area contributed by atoms with E-state index in [1.807, 2.05) is 22.6 Å². The molecule has 0 atom stereocenters. The molecule has 0 saturated heterocycles. The van der Waals surface area contributed by atoms with Crippen molar-refractivity contribution in [3.8, 4) is 0 Å². The molecule has 1 aromatic rings. The highest BCUT2D eigenvalue weighted by molar-refractivity contribution is 14.1. The summed E-state index contributed by atoms with van der Waals surface area (Å²) in [5.74, 6) is -3.50. The van der Waals surface area contributed by atoms with Gasteiger partial charge in [0.1, 0.15) is 5.57 Å². The largest absolute Gasteiger partial charge is 0.462 e. The molecule has 0 aliphatic heterocycles. The molecular weight excluding hydrogens is 388 g/mol. The van der Waals surface area contributed by atoms with Crippen LogP contribution in [0.3, 0.4) is 0 Å². The van der Waals surface area contributed by atoms with Gasteiger partial charge in [0.2, 0.25) is 0 Å². The zero-order valence-electron chi connectivity index (χ0n) is 10.3. The van der Waals surface area contributed by atoms with Crippen LogP contribution in [0, 0.1) is 3.57 Å². The molecule has 0 radical (unpaired) electrons. The number of benzene rings is 1. The van der Waals surface area contributed by atoms with E-state index in [2.05, 4.69) is 4.74 Å². The summed E-state index contributed by atoms with van der Waals surface area (Å²) in [5, 5.41) is 0. The van der Waals surface area contributed by atoms with Crippen LogP contribution in [0.15, 0.2) is 29.8 Å². The van der Waals surface area contributed by atoms with Gasteiger partial charge in [0.25, 0.3) is 5.78 Å². The van der Waals surface area contributed by atoms with Gasteiger partial charge in [-0.25, -0.2) is 4.79 Å². The van der Waals surface area contributed by atoms with Gasteiger partial charge >= 0.3 is 12.1 Å². The molecule has 7 heteroatoms. The van der Waals surface area contributed by atoms with Crippen molar-refractivity contribution in [2.24, 2.45) is 0 Å². The van der Waals surface area contributed by atoms with Crippen LogP contribution in [-0.4, -0.2) is 24.5 Å². The van der Waals surface area contributed by atoms with Gasteiger partial charge < -0.3 is 4.74 Å². The monoisotopic (exact) mass is 398 g/mol. The number of rotatable bonds is 4. The molecule has 0 unspecified atom stereocenters. The first-order chi connectivity index (χ1) is 9.25. The highest BCUT2D eigenvalue weighted by atomic mass is 127. The van der Waals surface area contributed by atoms with E-state index < -0.39 is 23.5 Å². The van der Waals surface area contributed by atoms with Crippen LogP contribution >= 0.6 is 22.6 Å². The van der Waals surface area contributed by atoms with Gasteiger partial charge in [-0.2, -0.15) is 13.2 Å². The first-order valence-corrected chi connectivity index (χ1v) is 6.59. The lowest BCUT2D eigenvalue weighted by Crippen LogP contribution is -2.29. The number of carbonyl (C=O) groups excluding carboxylic acids is 2. The van der Waals surface area contributed by atoms with Crippen LogP contribution in [0.5, 0.6) is 0 Å². The van der Waals surface area contributed by atoms with Crippen LogP contribution in [0.4, 0.5) is 13.2 Å². The number of ether oxygens (including phenoxy) is 1. The van der Waals surface area contributed by atoms with Crippen molar-refractivity contribution in [1.29, 1.82) is 0 Å². The second kappa shape index (κ2) is 6.87. The Morgan fingerprint density at radius 2 is 2.00 bits per heavy atom. The summed E-state index contributed by atoms with van der Waals surface area (Å²) in [6.45, 7) is 1.33. The second-order valence-corrected chi connectivity index (χ2v) is 4.91. The maximum atomic E-state index is 12.5.